The Kier molecular flexibility index (Phi) is 7.67. The second-order valence-corrected chi connectivity index (χ2v) is 9.06. The second kappa shape index (κ2) is 10.1. The smallest absolute Gasteiger partial charge is 0.428 e. The van der Waals surface area contributed by atoms with Gasteiger partial charge in [-0.1, -0.05) is 0 Å². The summed E-state index contributed by atoms with van der Waals surface area (Å²) in [4.78, 5) is 35.1. The van der Waals surface area contributed by atoms with E-state index in [2.05, 4.69) is 26.3 Å². The number of carbonyl (C=O) groups excluding carboxylic acids is 3. The molecule has 1 aromatic rings. The minimum atomic E-state index is -2.54. The van der Waals surface area contributed by atoms with Gasteiger partial charge < -0.3 is 15.4 Å². The van der Waals surface area contributed by atoms with Gasteiger partial charge in [-0.3, -0.25) is 14.3 Å². The Labute approximate surface area is 197 Å². The zero-order valence-corrected chi connectivity index (χ0v) is 19.8. The van der Waals surface area contributed by atoms with E-state index in [9.17, 15) is 23.2 Å². The summed E-state index contributed by atoms with van der Waals surface area (Å²) < 4.78 is 32.9. The number of alkyl halides is 2. The highest BCUT2D eigenvalue weighted by molar-refractivity contribution is 14.1. The Morgan fingerprint density at radius 3 is 2.69 bits per heavy atom. The minimum absolute atomic E-state index is 0.198. The Morgan fingerprint density at radius 1 is 1.38 bits per heavy atom. The van der Waals surface area contributed by atoms with E-state index < -0.39 is 36.5 Å². The van der Waals surface area contributed by atoms with Crippen molar-refractivity contribution in [3.8, 4) is 0 Å². The van der Waals surface area contributed by atoms with Crippen molar-refractivity contribution in [3.63, 3.8) is 0 Å². The summed E-state index contributed by atoms with van der Waals surface area (Å²) in [5.74, 6) is -1.12. The van der Waals surface area contributed by atoms with Crippen molar-refractivity contribution in [2.45, 2.75) is 63.6 Å². The lowest BCUT2D eigenvalue weighted by Gasteiger charge is -2.42. The number of carbonyl (C=O) groups is 3. The van der Waals surface area contributed by atoms with Crippen LogP contribution in [-0.2, 0) is 20.9 Å². The number of hydrogen-bond acceptors (Lipinski definition) is 6. The fourth-order valence-electron chi connectivity index (χ4n) is 4.23. The van der Waals surface area contributed by atoms with Crippen LogP contribution in [0, 0.1) is 9.62 Å². The number of amides is 3. The average Bonchev–Trinajstić information content (AvgIpc) is 3.08. The molecule has 3 N–H and O–H groups in total. The summed E-state index contributed by atoms with van der Waals surface area (Å²) in [6.07, 6.45) is 1.36. The van der Waals surface area contributed by atoms with Crippen LogP contribution in [0.1, 0.15) is 44.6 Å². The van der Waals surface area contributed by atoms with Gasteiger partial charge in [0, 0.05) is 19.3 Å². The molecule has 2 aliphatic rings. The van der Waals surface area contributed by atoms with Crippen LogP contribution in [0.3, 0.4) is 0 Å². The van der Waals surface area contributed by atoms with Crippen molar-refractivity contribution < 1.29 is 27.9 Å². The molecule has 2 heterocycles. The first-order valence-corrected chi connectivity index (χ1v) is 11.3. The van der Waals surface area contributed by atoms with Gasteiger partial charge in [-0.2, -0.15) is 10.2 Å². The highest BCUT2D eigenvalue weighted by Gasteiger charge is 2.47. The first-order chi connectivity index (χ1) is 15.1. The number of ether oxygens (including phenoxy) is 1. The average molecular weight is 566 g/mol. The molecule has 176 valence electrons. The number of likely N-dealkylation sites (N-methyl/N-ethyl adjacent to an activating group) is 1. The Hall–Kier alpha value is -2.32. The third kappa shape index (κ3) is 5.53. The van der Waals surface area contributed by atoms with Crippen molar-refractivity contribution in [1.82, 2.24) is 25.8 Å². The predicted molar refractivity (Wildman–Crippen MR) is 118 cm³/mol. The number of nitrogens with one attached hydrogen (secondary N) is 3. The lowest BCUT2D eigenvalue weighted by molar-refractivity contribution is -0.139. The topological polar surface area (TPSA) is 127 Å². The number of nitrogens with zero attached hydrogens (tertiary/aromatic N) is 3. The highest BCUT2D eigenvalue weighted by Crippen LogP contribution is 2.41. The van der Waals surface area contributed by atoms with E-state index in [-0.39, 0.29) is 12.0 Å². The molecule has 13 heteroatoms. The lowest BCUT2D eigenvalue weighted by Crippen LogP contribution is -2.52. The van der Waals surface area contributed by atoms with Gasteiger partial charge in [-0.25, -0.2) is 19.0 Å². The fourth-order valence-corrected chi connectivity index (χ4v) is 4.90. The molecule has 1 aliphatic carbocycles. The van der Waals surface area contributed by atoms with E-state index in [0.29, 0.717) is 47.1 Å². The van der Waals surface area contributed by atoms with Crippen LogP contribution >= 0.6 is 22.6 Å². The van der Waals surface area contributed by atoms with Crippen molar-refractivity contribution in [3.05, 3.63) is 15.5 Å². The van der Waals surface area contributed by atoms with E-state index in [4.69, 9.17) is 4.74 Å². The maximum Gasteiger partial charge on any atom is 0.428 e. The Bertz CT molecular complexity index is 914. The molecule has 3 amide bonds. The molecule has 1 fully saturated rings. The van der Waals surface area contributed by atoms with Gasteiger partial charge in [0.2, 0.25) is 0 Å². The normalized spacial score (nSPS) is 23.9. The van der Waals surface area contributed by atoms with Gasteiger partial charge in [0.25, 0.3) is 6.43 Å². The molecule has 0 radical (unpaired) electrons. The molecule has 1 aromatic heterocycles. The van der Waals surface area contributed by atoms with Gasteiger partial charge in [-0.15, -0.1) is 0 Å². The van der Waals surface area contributed by atoms with Crippen LogP contribution < -0.4 is 16.1 Å². The summed E-state index contributed by atoms with van der Waals surface area (Å²) in [7, 11) is 1.39. The van der Waals surface area contributed by atoms with Crippen LogP contribution in [0.15, 0.2) is 11.3 Å². The molecule has 10 nitrogen and oxygen atoms in total. The van der Waals surface area contributed by atoms with Gasteiger partial charge >= 0.3 is 17.9 Å². The monoisotopic (exact) mass is 566 g/mol. The quantitative estimate of drug-likeness (QED) is 0.358. The molecule has 32 heavy (non-hydrogen) atoms. The molecule has 1 atom stereocenters. The van der Waals surface area contributed by atoms with E-state index in [1.165, 1.54) is 13.2 Å². The summed E-state index contributed by atoms with van der Waals surface area (Å²) in [6.45, 7) is 1.30. The Balaban J connectivity index is 1.69. The van der Waals surface area contributed by atoms with Crippen molar-refractivity contribution >= 4 is 46.2 Å². The maximum atomic E-state index is 12.8. The number of hydrazone groups is 1. The third-order valence-corrected chi connectivity index (χ3v) is 6.48. The predicted octanol–water partition coefficient (Wildman–Crippen LogP) is 1.77. The molecular weight excluding hydrogens is 541 g/mol. The van der Waals surface area contributed by atoms with E-state index >= 15 is 0 Å². The van der Waals surface area contributed by atoms with Gasteiger partial charge in [-0.05, 0) is 67.5 Å². The summed E-state index contributed by atoms with van der Waals surface area (Å²) in [6, 6.07) is -0.198. The zero-order chi connectivity index (χ0) is 23.5. The lowest BCUT2D eigenvalue weighted by atomic mass is 9.73. The molecule has 0 aromatic carbocycles. The molecule has 0 bridgehead atoms. The number of aromatic nitrogens is 2. The molecule has 0 unspecified atom stereocenters. The van der Waals surface area contributed by atoms with Gasteiger partial charge in [0.1, 0.15) is 16.0 Å². The third-order valence-electron chi connectivity index (χ3n) is 5.69. The standard InChI is InChI=1S/C19H25F2IN6O4/c1-10(24-17(30)16(29)23-2)7-11-3-5-19(6-4-11)14(25-26-18(31)32-19)12-8-28(9-13(20)21)27-15(12)22/h8,10-11,13H,3-7,9H2,1-2H3,(H,23,29)(H,24,30)(H,26,31)/t10-,11?,19?/m0/s1. The molecular formula is C19H25F2IN6O4. The van der Waals surface area contributed by atoms with Crippen LogP contribution in [0.2, 0.25) is 0 Å². The van der Waals surface area contributed by atoms with E-state index in [1.807, 2.05) is 29.5 Å². The molecule has 1 aliphatic heterocycles. The van der Waals surface area contributed by atoms with E-state index in [0.717, 1.165) is 4.68 Å². The summed E-state index contributed by atoms with van der Waals surface area (Å²) in [5.41, 5.74) is 2.37. The summed E-state index contributed by atoms with van der Waals surface area (Å²) >= 11 is 1.96. The largest absolute Gasteiger partial charge is 0.435 e. The highest BCUT2D eigenvalue weighted by atomic mass is 127. The van der Waals surface area contributed by atoms with Gasteiger partial charge in [0.05, 0.1) is 5.56 Å². The first-order valence-electron chi connectivity index (χ1n) is 10.2. The number of halogens is 3. The zero-order valence-electron chi connectivity index (χ0n) is 17.7. The fraction of sp³-hybridized carbons (Fsp3) is 0.632. The number of hydrogen-bond donors (Lipinski definition) is 3. The first kappa shape index (κ1) is 24.3. The molecule has 3 rings (SSSR count). The van der Waals surface area contributed by atoms with Crippen LogP contribution in [0.25, 0.3) is 0 Å². The van der Waals surface area contributed by atoms with Crippen LogP contribution in [0.4, 0.5) is 13.6 Å². The Morgan fingerprint density at radius 2 is 2.06 bits per heavy atom. The van der Waals surface area contributed by atoms with Crippen molar-refractivity contribution in [2.75, 3.05) is 7.05 Å². The second-order valence-electron chi connectivity index (χ2n) is 8.04. The minimum Gasteiger partial charge on any atom is -0.435 e. The van der Waals surface area contributed by atoms with Gasteiger partial charge in [0.15, 0.2) is 5.60 Å². The molecule has 1 spiro atoms. The van der Waals surface area contributed by atoms with Crippen LogP contribution in [-0.4, -0.2) is 58.5 Å². The van der Waals surface area contributed by atoms with Crippen LogP contribution in [0.5, 0.6) is 0 Å². The maximum absolute atomic E-state index is 12.8. The number of rotatable bonds is 6. The SMILES string of the molecule is CNC(=O)C(=O)N[C@@H](C)CC1CCC2(CC1)OC(=O)NN=C2c1cn(CC(F)F)nc1I. The summed E-state index contributed by atoms with van der Waals surface area (Å²) in [5, 5.41) is 13.3. The molecule has 0 saturated heterocycles. The molecule has 1 saturated carbocycles. The van der Waals surface area contributed by atoms with Crippen molar-refractivity contribution in [2.24, 2.45) is 11.0 Å². The van der Waals surface area contributed by atoms with E-state index in [1.54, 1.807) is 0 Å². The van der Waals surface area contributed by atoms with Crippen molar-refractivity contribution in [1.29, 1.82) is 0 Å².